The van der Waals surface area contributed by atoms with Crippen molar-refractivity contribution in [1.29, 1.82) is 0 Å². The minimum Gasteiger partial charge on any atom is -0.486 e. The van der Waals surface area contributed by atoms with E-state index in [2.05, 4.69) is 4.99 Å². The number of benzene rings is 2. The number of ether oxygens (including phenoxy) is 1. The molecule has 1 amide bonds. The third kappa shape index (κ3) is 3.21. The van der Waals surface area contributed by atoms with Gasteiger partial charge in [0.25, 0.3) is 5.91 Å². The van der Waals surface area contributed by atoms with Gasteiger partial charge in [0.15, 0.2) is 17.6 Å². The predicted octanol–water partition coefficient (Wildman–Crippen LogP) is 2.59. The molecule has 0 fully saturated rings. The van der Waals surface area contributed by atoms with E-state index in [9.17, 15) is 13.6 Å². The normalized spacial score (nSPS) is 15.6. The second-order valence-electron chi connectivity index (χ2n) is 5.56. The highest BCUT2D eigenvalue weighted by Crippen LogP contribution is 2.38. The molecule has 0 bridgehead atoms. The molecular weight excluding hydrogens is 328 g/mol. The van der Waals surface area contributed by atoms with Crippen LogP contribution in [-0.4, -0.2) is 18.0 Å². The molecule has 1 heterocycles. The van der Waals surface area contributed by atoms with Crippen LogP contribution in [0.5, 0.6) is 5.75 Å². The molecule has 2 aromatic carbocycles. The molecule has 1 unspecified atom stereocenters. The second-order valence-corrected chi connectivity index (χ2v) is 5.56. The average molecular weight is 343 g/mol. The van der Waals surface area contributed by atoms with E-state index < -0.39 is 17.5 Å². The van der Waals surface area contributed by atoms with E-state index in [0.29, 0.717) is 16.9 Å². The van der Waals surface area contributed by atoms with Crippen LogP contribution in [0.3, 0.4) is 0 Å². The number of nitrogens with two attached hydrogens (primary N) is 2. The van der Waals surface area contributed by atoms with E-state index in [-0.39, 0.29) is 23.2 Å². The quantitative estimate of drug-likeness (QED) is 0.648. The van der Waals surface area contributed by atoms with Crippen LogP contribution >= 0.6 is 0 Å². The number of aliphatic imine (C=N–C) groups is 1. The number of fused-ring (bicyclic) bond motifs is 1. The lowest BCUT2D eigenvalue weighted by atomic mass is 9.92. The average Bonchev–Trinajstić information content (AvgIpc) is 2.55. The summed E-state index contributed by atoms with van der Waals surface area (Å²) in [7, 11) is 0. The zero-order chi connectivity index (χ0) is 18.1. The smallest absolute Gasteiger partial charge is 0.280 e. The minimum absolute atomic E-state index is 0.0860. The van der Waals surface area contributed by atoms with Crippen molar-refractivity contribution in [3.63, 3.8) is 0 Å². The predicted molar refractivity (Wildman–Crippen MR) is 90.1 cm³/mol. The molecule has 25 heavy (non-hydrogen) atoms. The van der Waals surface area contributed by atoms with Crippen molar-refractivity contribution in [1.82, 2.24) is 0 Å². The molecule has 1 aliphatic heterocycles. The molecule has 0 saturated heterocycles. The van der Waals surface area contributed by atoms with Gasteiger partial charge in [0, 0.05) is 16.7 Å². The maximum Gasteiger partial charge on any atom is 0.280 e. The SMILES string of the molecule is CC1C=C(c2cccc(F)c2F)c2cc(C(=O)N=C(N)N)ccc2O1. The molecule has 0 spiro atoms. The molecule has 5 nitrogen and oxygen atoms in total. The van der Waals surface area contributed by atoms with Crippen molar-refractivity contribution in [2.45, 2.75) is 13.0 Å². The first-order chi connectivity index (χ1) is 11.9. The Morgan fingerprint density at radius 3 is 2.64 bits per heavy atom. The topological polar surface area (TPSA) is 90.7 Å². The first-order valence-corrected chi connectivity index (χ1v) is 7.48. The van der Waals surface area contributed by atoms with E-state index in [1.54, 1.807) is 19.1 Å². The van der Waals surface area contributed by atoms with E-state index in [0.717, 1.165) is 6.07 Å². The third-order valence-electron chi connectivity index (χ3n) is 3.70. The zero-order valence-electron chi connectivity index (χ0n) is 13.3. The molecule has 0 saturated carbocycles. The molecule has 7 heteroatoms. The summed E-state index contributed by atoms with van der Waals surface area (Å²) >= 11 is 0. The Morgan fingerprint density at radius 2 is 1.92 bits per heavy atom. The summed E-state index contributed by atoms with van der Waals surface area (Å²) in [6, 6.07) is 8.50. The molecule has 1 aliphatic rings. The fourth-order valence-corrected chi connectivity index (χ4v) is 2.66. The number of halogens is 2. The van der Waals surface area contributed by atoms with Crippen LogP contribution in [-0.2, 0) is 0 Å². The number of nitrogens with zero attached hydrogens (tertiary/aromatic N) is 1. The van der Waals surface area contributed by atoms with Gasteiger partial charge >= 0.3 is 0 Å². The van der Waals surface area contributed by atoms with Gasteiger partial charge < -0.3 is 16.2 Å². The number of amides is 1. The van der Waals surface area contributed by atoms with Crippen LogP contribution in [0.1, 0.15) is 28.4 Å². The number of guanidine groups is 1. The van der Waals surface area contributed by atoms with E-state index in [1.165, 1.54) is 24.3 Å². The lowest BCUT2D eigenvalue weighted by Crippen LogP contribution is -2.24. The first kappa shape index (κ1) is 16.6. The van der Waals surface area contributed by atoms with Gasteiger partial charge in [-0.25, -0.2) is 8.78 Å². The Hall–Kier alpha value is -3.22. The fraction of sp³-hybridized carbons (Fsp3) is 0.111. The van der Waals surface area contributed by atoms with E-state index in [4.69, 9.17) is 16.2 Å². The van der Waals surface area contributed by atoms with Gasteiger partial charge in [-0.1, -0.05) is 12.1 Å². The van der Waals surface area contributed by atoms with Crippen LogP contribution in [0.15, 0.2) is 47.5 Å². The molecule has 4 N–H and O–H groups in total. The van der Waals surface area contributed by atoms with Gasteiger partial charge in [-0.05, 0) is 42.8 Å². The van der Waals surface area contributed by atoms with Gasteiger partial charge in [-0.2, -0.15) is 4.99 Å². The van der Waals surface area contributed by atoms with Crippen molar-refractivity contribution in [2.24, 2.45) is 16.5 Å². The first-order valence-electron chi connectivity index (χ1n) is 7.48. The van der Waals surface area contributed by atoms with Crippen LogP contribution in [0.2, 0.25) is 0 Å². The van der Waals surface area contributed by atoms with Crippen LogP contribution in [0, 0.1) is 11.6 Å². The number of carbonyl (C=O) groups is 1. The maximum absolute atomic E-state index is 14.3. The molecule has 0 aliphatic carbocycles. The van der Waals surface area contributed by atoms with Gasteiger partial charge in [0.1, 0.15) is 11.9 Å². The lowest BCUT2D eigenvalue weighted by molar-refractivity contribution is 0.100. The summed E-state index contributed by atoms with van der Waals surface area (Å²) in [4.78, 5) is 15.5. The number of carbonyl (C=O) groups excluding carboxylic acids is 1. The fourth-order valence-electron chi connectivity index (χ4n) is 2.66. The Balaban J connectivity index is 2.15. The van der Waals surface area contributed by atoms with E-state index in [1.807, 2.05) is 0 Å². The Bertz CT molecular complexity index is 919. The Labute approximate surface area is 142 Å². The van der Waals surface area contributed by atoms with Gasteiger partial charge in [-0.3, -0.25) is 4.79 Å². The minimum atomic E-state index is -0.963. The number of hydrogen-bond donors (Lipinski definition) is 2. The Kier molecular flexibility index (Phi) is 4.22. The molecule has 0 aromatic heterocycles. The summed E-state index contributed by atoms with van der Waals surface area (Å²) in [6.07, 6.45) is 1.32. The summed E-state index contributed by atoms with van der Waals surface area (Å²) in [5.41, 5.74) is 11.6. The van der Waals surface area contributed by atoms with Crippen LogP contribution in [0.25, 0.3) is 5.57 Å². The van der Waals surface area contributed by atoms with Crippen LogP contribution < -0.4 is 16.2 Å². The molecule has 0 radical (unpaired) electrons. The molecule has 128 valence electrons. The highest BCUT2D eigenvalue weighted by Gasteiger charge is 2.23. The number of hydrogen-bond acceptors (Lipinski definition) is 2. The van der Waals surface area contributed by atoms with Crippen molar-refractivity contribution in [2.75, 3.05) is 0 Å². The summed E-state index contributed by atoms with van der Waals surface area (Å²) in [5, 5.41) is 0. The lowest BCUT2D eigenvalue weighted by Gasteiger charge is -2.24. The molecular formula is C18H15F2N3O2. The van der Waals surface area contributed by atoms with Gasteiger partial charge in [0.05, 0.1) is 0 Å². The van der Waals surface area contributed by atoms with Gasteiger partial charge in [-0.15, -0.1) is 0 Å². The summed E-state index contributed by atoms with van der Waals surface area (Å²) in [6.45, 7) is 1.78. The standard InChI is InChI=1S/C18H15F2N3O2/c1-9-7-12(11-3-2-4-14(19)16(11)20)13-8-10(5-6-15(13)25-9)17(24)23-18(21)22/h2-9H,1H3,(H4,21,22,23,24). The highest BCUT2D eigenvalue weighted by molar-refractivity contribution is 6.03. The molecule has 3 rings (SSSR count). The third-order valence-corrected chi connectivity index (χ3v) is 3.70. The van der Waals surface area contributed by atoms with Crippen molar-refractivity contribution in [3.8, 4) is 5.75 Å². The van der Waals surface area contributed by atoms with Crippen molar-refractivity contribution < 1.29 is 18.3 Å². The highest BCUT2D eigenvalue weighted by atomic mass is 19.2. The summed E-state index contributed by atoms with van der Waals surface area (Å²) in [5.74, 6) is -2.46. The number of rotatable bonds is 2. The summed E-state index contributed by atoms with van der Waals surface area (Å²) < 4.78 is 33.6. The second kappa shape index (κ2) is 6.35. The van der Waals surface area contributed by atoms with Crippen molar-refractivity contribution in [3.05, 3.63) is 70.8 Å². The van der Waals surface area contributed by atoms with Gasteiger partial charge in [0.2, 0.25) is 0 Å². The maximum atomic E-state index is 14.3. The van der Waals surface area contributed by atoms with E-state index >= 15 is 0 Å². The van der Waals surface area contributed by atoms with Crippen LogP contribution in [0.4, 0.5) is 8.78 Å². The molecule has 2 aromatic rings. The van der Waals surface area contributed by atoms with Crippen molar-refractivity contribution >= 4 is 17.4 Å². The molecule has 1 atom stereocenters. The largest absolute Gasteiger partial charge is 0.486 e. The Morgan fingerprint density at radius 1 is 1.16 bits per heavy atom. The zero-order valence-corrected chi connectivity index (χ0v) is 13.3. The monoisotopic (exact) mass is 343 g/mol.